The Labute approximate surface area is 121 Å². The first-order valence-electron chi connectivity index (χ1n) is 6.04. The largest absolute Gasteiger partial charge is 0.493 e. The van der Waals surface area contributed by atoms with E-state index in [0.29, 0.717) is 18.0 Å². The van der Waals surface area contributed by atoms with Crippen molar-refractivity contribution in [1.29, 1.82) is 0 Å². The molecule has 0 heterocycles. The number of nitrogens with two attached hydrogens (primary N) is 1. The van der Waals surface area contributed by atoms with Crippen LogP contribution < -0.4 is 15.2 Å². The topological polar surface area (TPSA) is 44.5 Å². The molecule has 2 aromatic rings. The summed E-state index contributed by atoms with van der Waals surface area (Å²) in [6.45, 7) is 0.638. The van der Waals surface area contributed by atoms with E-state index in [9.17, 15) is 0 Å². The van der Waals surface area contributed by atoms with Crippen molar-refractivity contribution in [3.8, 4) is 17.2 Å². The Hall–Kier alpha value is -1.52. The third-order valence-corrected chi connectivity index (χ3v) is 3.34. The van der Waals surface area contributed by atoms with Gasteiger partial charge in [-0.1, -0.05) is 18.2 Å². The fourth-order valence-electron chi connectivity index (χ4n) is 1.77. The molecule has 3 nitrogen and oxygen atoms in total. The Morgan fingerprint density at radius 2 is 1.79 bits per heavy atom. The molecule has 0 aromatic heterocycles. The van der Waals surface area contributed by atoms with Crippen LogP contribution in [0.2, 0.25) is 0 Å². The predicted molar refractivity (Wildman–Crippen MR) is 80.0 cm³/mol. The summed E-state index contributed by atoms with van der Waals surface area (Å²) in [6, 6.07) is 13.5. The van der Waals surface area contributed by atoms with E-state index in [1.54, 1.807) is 7.11 Å². The molecule has 0 bridgehead atoms. The Morgan fingerprint density at radius 1 is 1.05 bits per heavy atom. The van der Waals surface area contributed by atoms with Gasteiger partial charge in [-0.15, -0.1) is 0 Å². The van der Waals surface area contributed by atoms with Gasteiger partial charge < -0.3 is 15.2 Å². The average molecular weight is 322 g/mol. The van der Waals surface area contributed by atoms with Gasteiger partial charge in [-0.2, -0.15) is 0 Å². The summed E-state index contributed by atoms with van der Waals surface area (Å²) in [4.78, 5) is 0. The van der Waals surface area contributed by atoms with Gasteiger partial charge in [-0.05, 0) is 58.7 Å². The van der Waals surface area contributed by atoms with E-state index in [1.807, 2.05) is 42.5 Å². The predicted octanol–water partition coefficient (Wildman–Crippen LogP) is 3.75. The van der Waals surface area contributed by atoms with Crippen molar-refractivity contribution in [2.45, 2.75) is 6.42 Å². The minimum Gasteiger partial charge on any atom is -0.493 e. The molecule has 0 aliphatic rings. The first kappa shape index (κ1) is 13.9. The molecule has 0 aliphatic heterocycles. The highest BCUT2D eigenvalue weighted by molar-refractivity contribution is 9.10. The van der Waals surface area contributed by atoms with Gasteiger partial charge in [0.05, 0.1) is 11.6 Å². The van der Waals surface area contributed by atoms with E-state index in [-0.39, 0.29) is 0 Å². The van der Waals surface area contributed by atoms with Crippen LogP contribution in [0.4, 0.5) is 0 Å². The number of ether oxygens (including phenoxy) is 2. The molecule has 4 heteroatoms. The van der Waals surface area contributed by atoms with Gasteiger partial charge in [-0.3, -0.25) is 0 Å². The normalized spacial score (nSPS) is 10.3. The number of halogens is 1. The molecule has 0 atom stereocenters. The molecule has 2 aromatic carbocycles. The number of para-hydroxylation sites is 2. The summed E-state index contributed by atoms with van der Waals surface area (Å²) in [6.07, 6.45) is 0.855. The molecule has 0 radical (unpaired) electrons. The van der Waals surface area contributed by atoms with Crippen LogP contribution >= 0.6 is 15.9 Å². The SMILES string of the molecule is COc1ccccc1Oc1ccc(CCN)cc1Br. The van der Waals surface area contributed by atoms with E-state index in [4.69, 9.17) is 15.2 Å². The molecule has 0 spiro atoms. The van der Waals surface area contributed by atoms with Gasteiger partial charge in [0.1, 0.15) is 5.75 Å². The van der Waals surface area contributed by atoms with Crippen molar-refractivity contribution in [2.24, 2.45) is 5.73 Å². The quantitative estimate of drug-likeness (QED) is 0.912. The van der Waals surface area contributed by atoms with Gasteiger partial charge in [-0.25, -0.2) is 0 Å². The van der Waals surface area contributed by atoms with Crippen LogP contribution in [0.3, 0.4) is 0 Å². The van der Waals surface area contributed by atoms with Crippen molar-refractivity contribution in [1.82, 2.24) is 0 Å². The zero-order valence-electron chi connectivity index (χ0n) is 10.7. The van der Waals surface area contributed by atoms with E-state index >= 15 is 0 Å². The smallest absolute Gasteiger partial charge is 0.169 e. The second-order valence-electron chi connectivity index (χ2n) is 4.06. The summed E-state index contributed by atoms with van der Waals surface area (Å²) in [7, 11) is 1.63. The number of benzene rings is 2. The Morgan fingerprint density at radius 3 is 2.42 bits per heavy atom. The average Bonchev–Trinajstić information content (AvgIpc) is 2.43. The van der Waals surface area contributed by atoms with Crippen LogP contribution in [0.1, 0.15) is 5.56 Å². The molecule has 0 saturated carbocycles. The molecule has 0 amide bonds. The summed E-state index contributed by atoms with van der Waals surface area (Å²) < 4.78 is 12.0. The summed E-state index contributed by atoms with van der Waals surface area (Å²) >= 11 is 3.51. The zero-order chi connectivity index (χ0) is 13.7. The number of hydrogen-bond donors (Lipinski definition) is 1. The molecule has 0 saturated heterocycles. The highest BCUT2D eigenvalue weighted by Gasteiger charge is 2.07. The molecular weight excluding hydrogens is 306 g/mol. The lowest BCUT2D eigenvalue weighted by Crippen LogP contribution is -2.02. The lowest BCUT2D eigenvalue weighted by atomic mass is 10.1. The fourth-order valence-corrected chi connectivity index (χ4v) is 2.28. The maximum absolute atomic E-state index is 5.86. The van der Waals surface area contributed by atoms with Crippen molar-refractivity contribution in [2.75, 3.05) is 13.7 Å². The van der Waals surface area contributed by atoms with Gasteiger partial charge in [0.15, 0.2) is 11.5 Å². The first-order valence-corrected chi connectivity index (χ1v) is 6.83. The van der Waals surface area contributed by atoms with E-state index < -0.39 is 0 Å². The summed E-state index contributed by atoms with van der Waals surface area (Å²) in [5.41, 5.74) is 6.73. The molecule has 2 N–H and O–H groups in total. The molecule has 19 heavy (non-hydrogen) atoms. The maximum Gasteiger partial charge on any atom is 0.169 e. The highest BCUT2D eigenvalue weighted by Crippen LogP contribution is 2.35. The number of rotatable bonds is 5. The van der Waals surface area contributed by atoms with E-state index in [2.05, 4.69) is 15.9 Å². The standard InChI is InChI=1S/C15H16BrNO2/c1-18-14-4-2-3-5-15(14)19-13-7-6-11(8-9-17)10-12(13)16/h2-7,10H,8-9,17H2,1H3. The highest BCUT2D eigenvalue weighted by atomic mass is 79.9. The fraction of sp³-hybridized carbons (Fsp3) is 0.200. The minimum atomic E-state index is 0.638. The lowest BCUT2D eigenvalue weighted by Gasteiger charge is -2.12. The van der Waals surface area contributed by atoms with Gasteiger partial charge >= 0.3 is 0 Å². The zero-order valence-corrected chi connectivity index (χ0v) is 12.3. The molecular formula is C15H16BrNO2. The van der Waals surface area contributed by atoms with Crippen LogP contribution in [0.5, 0.6) is 17.2 Å². The third kappa shape index (κ3) is 3.49. The van der Waals surface area contributed by atoms with Gasteiger partial charge in [0.2, 0.25) is 0 Å². The van der Waals surface area contributed by atoms with E-state index in [0.717, 1.165) is 16.6 Å². The first-order chi connectivity index (χ1) is 9.24. The molecule has 0 unspecified atom stereocenters. The van der Waals surface area contributed by atoms with Crippen LogP contribution in [0.25, 0.3) is 0 Å². The minimum absolute atomic E-state index is 0.638. The number of methoxy groups -OCH3 is 1. The number of hydrogen-bond acceptors (Lipinski definition) is 3. The second-order valence-corrected chi connectivity index (χ2v) is 4.91. The summed E-state index contributed by atoms with van der Waals surface area (Å²) in [5.74, 6) is 2.16. The maximum atomic E-state index is 5.86. The second kappa shape index (κ2) is 6.59. The Balaban J connectivity index is 2.23. The van der Waals surface area contributed by atoms with Crippen molar-refractivity contribution in [3.63, 3.8) is 0 Å². The van der Waals surface area contributed by atoms with Gasteiger partial charge in [0, 0.05) is 0 Å². The monoisotopic (exact) mass is 321 g/mol. The molecule has 100 valence electrons. The van der Waals surface area contributed by atoms with Gasteiger partial charge in [0.25, 0.3) is 0 Å². The molecule has 0 fully saturated rings. The van der Waals surface area contributed by atoms with Crippen molar-refractivity contribution < 1.29 is 9.47 Å². The van der Waals surface area contributed by atoms with E-state index in [1.165, 1.54) is 5.56 Å². The van der Waals surface area contributed by atoms with Crippen LogP contribution in [-0.2, 0) is 6.42 Å². The Kier molecular flexibility index (Phi) is 4.82. The van der Waals surface area contributed by atoms with Crippen LogP contribution in [0, 0.1) is 0 Å². The Bertz CT molecular complexity index is 558. The van der Waals surface area contributed by atoms with Crippen molar-refractivity contribution >= 4 is 15.9 Å². The third-order valence-electron chi connectivity index (χ3n) is 2.72. The summed E-state index contributed by atoms with van der Waals surface area (Å²) in [5, 5.41) is 0. The van der Waals surface area contributed by atoms with Crippen LogP contribution in [-0.4, -0.2) is 13.7 Å². The van der Waals surface area contributed by atoms with Crippen molar-refractivity contribution in [3.05, 3.63) is 52.5 Å². The molecule has 2 rings (SSSR count). The lowest BCUT2D eigenvalue weighted by molar-refractivity contribution is 0.378. The van der Waals surface area contributed by atoms with Crippen LogP contribution in [0.15, 0.2) is 46.9 Å². The molecule has 0 aliphatic carbocycles.